The number of hydrogen-bond acceptors (Lipinski definition) is 5. The number of aliphatic hydroxyl groups is 2. The Hall–Kier alpha value is -2.82. The van der Waals surface area contributed by atoms with Crippen LogP contribution in [0.15, 0.2) is 41.2 Å². The summed E-state index contributed by atoms with van der Waals surface area (Å²) in [6.45, 7) is 0.0688. The summed E-state index contributed by atoms with van der Waals surface area (Å²) in [6, 6.07) is 5.80. The fourth-order valence-corrected chi connectivity index (χ4v) is 3.80. The van der Waals surface area contributed by atoms with Crippen LogP contribution in [0.4, 0.5) is 23.2 Å². The molecule has 0 bridgehead atoms. The highest BCUT2D eigenvalue weighted by molar-refractivity contribution is 6.31. The number of aromatic amines is 1. The summed E-state index contributed by atoms with van der Waals surface area (Å²) >= 11 is 6.05. The summed E-state index contributed by atoms with van der Waals surface area (Å²) in [6.07, 6.45) is -4.85. The Morgan fingerprint density at radius 2 is 1.91 bits per heavy atom. The van der Waals surface area contributed by atoms with Crippen molar-refractivity contribution in [2.24, 2.45) is 0 Å². The zero-order valence-electron chi connectivity index (χ0n) is 17.6. The predicted molar refractivity (Wildman–Crippen MR) is 116 cm³/mol. The summed E-state index contributed by atoms with van der Waals surface area (Å²) < 4.78 is 61.3. The van der Waals surface area contributed by atoms with Crippen molar-refractivity contribution in [2.75, 3.05) is 19.0 Å². The van der Waals surface area contributed by atoms with Gasteiger partial charge in [0.25, 0.3) is 0 Å². The van der Waals surface area contributed by atoms with Crippen LogP contribution in [-0.2, 0) is 6.42 Å². The molecule has 0 aliphatic carbocycles. The van der Waals surface area contributed by atoms with Gasteiger partial charge in [0, 0.05) is 17.1 Å². The Balaban J connectivity index is 2.29. The third kappa shape index (κ3) is 4.50. The number of methoxy groups -OCH3 is 1. The molecule has 3 rings (SSSR count). The van der Waals surface area contributed by atoms with E-state index in [-0.39, 0.29) is 11.4 Å². The monoisotopic (exact) mass is 488 g/mol. The number of anilines is 1. The van der Waals surface area contributed by atoms with Crippen molar-refractivity contribution in [1.82, 2.24) is 4.98 Å². The number of halogens is 5. The van der Waals surface area contributed by atoms with Crippen molar-refractivity contribution in [1.29, 1.82) is 0 Å². The van der Waals surface area contributed by atoms with E-state index in [1.165, 1.54) is 18.2 Å². The largest absolute Gasteiger partial charge is 0.494 e. The number of alkyl halides is 3. The molecule has 0 spiro atoms. The minimum absolute atomic E-state index is 0.106. The quantitative estimate of drug-likeness (QED) is 0.371. The molecule has 3 aromatic rings. The van der Waals surface area contributed by atoms with Crippen molar-refractivity contribution in [3.05, 3.63) is 68.7 Å². The van der Waals surface area contributed by atoms with Crippen LogP contribution in [0, 0.1) is 5.82 Å². The smallest absolute Gasteiger partial charge is 0.421 e. The minimum atomic E-state index is -5.33. The van der Waals surface area contributed by atoms with E-state index in [1.54, 1.807) is 13.0 Å². The van der Waals surface area contributed by atoms with Crippen molar-refractivity contribution >= 4 is 28.2 Å². The molecule has 33 heavy (non-hydrogen) atoms. The molecule has 4 N–H and O–H groups in total. The fourth-order valence-electron chi connectivity index (χ4n) is 3.53. The lowest BCUT2D eigenvalue weighted by molar-refractivity contribution is -0.277. The maximum absolute atomic E-state index is 14.6. The van der Waals surface area contributed by atoms with E-state index in [0.29, 0.717) is 22.9 Å². The van der Waals surface area contributed by atoms with E-state index in [2.05, 4.69) is 10.3 Å². The first-order chi connectivity index (χ1) is 15.5. The molecule has 6 nitrogen and oxygen atoms in total. The van der Waals surface area contributed by atoms with Gasteiger partial charge in [-0.25, -0.2) is 4.39 Å². The van der Waals surface area contributed by atoms with Crippen molar-refractivity contribution in [3.63, 3.8) is 0 Å². The van der Waals surface area contributed by atoms with Crippen LogP contribution in [0.25, 0.3) is 10.9 Å². The van der Waals surface area contributed by atoms with Gasteiger partial charge >= 0.3 is 6.18 Å². The normalized spacial score (nSPS) is 14.7. The lowest BCUT2D eigenvalue weighted by atomic mass is 9.87. The molecule has 1 aromatic heterocycles. The molecule has 0 saturated carbocycles. The summed E-state index contributed by atoms with van der Waals surface area (Å²) in [5.41, 5.74) is -3.50. The van der Waals surface area contributed by atoms with E-state index in [9.17, 15) is 32.6 Å². The van der Waals surface area contributed by atoms with E-state index >= 15 is 0 Å². The molecule has 0 saturated heterocycles. The Kier molecular flexibility index (Phi) is 6.92. The van der Waals surface area contributed by atoms with Crippen molar-refractivity contribution in [3.8, 4) is 5.75 Å². The van der Waals surface area contributed by atoms with Gasteiger partial charge in [0.05, 0.1) is 30.3 Å². The maximum Gasteiger partial charge on any atom is 0.421 e. The number of rotatable bonds is 7. The van der Waals surface area contributed by atoms with E-state index in [1.807, 2.05) is 0 Å². The lowest BCUT2D eigenvalue weighted by Gasteiger charge is -2.38. The van der Waals surface area contributed by atoms with Gasteiger partial charge in [0.2, 0.25) is 11.2 Å². The second-order valence-corrected chi connectivity index (χ2v) is 7.80. The number of benzene rings is 2. The topological polar surface area (TPSA) is 94.6 Å². The average Bonchev–Trinajstić information content (AvgIpc) is 2.77. The number of pyridine rings is 1. The second kappa shape index (κ2) is 9.20. The van der Waals surface area contributed by atoms with Gasteiger partial charge in [-0.3, -0.25) is 4.79 Å². The first-order valence-electron chi connectivity index (χ1n) is 9.81. The van der Waals surface area contributed by atoms with Crippen molar-refractivity contribution < 1.29 is 32.5 Å². The summed E-state index contributed by atoms with van der Waals surface area (Å²) in [5.74, 6) is -1.43. The number of ether oxygens (including phenoxy) is 1. The summed E-state index contributed by atoms with van der Waals surface area (Å²) in [4.78, 5) is 14.4. The standard InChI is InChI=1S/C22H21ClF4N2O4/c1-3-11-8-14-12(5-7-17(31)28-14)15(9-11)29-20(21(32,10-30)22(25,26)27)13-4-6-16(33-2)19(24)18(13)23/h4-9,20,29-30,32H,3,10H2,1-2H3,(H,28,31). The highest BCUT2D eigenvalue weighted by Crippen LogP contribution is 2.45. The van der Waals surface area contributed by atoms with Gasteiger partial charge in [0.1, 0.15) is 0 Å². The second-order valence-electron chi connectivity index (χ2n) is 7.42. The number of aliphatic hydroxyl groups excluding tert-OH is 1. The van der Waals surface area contributed by atoms with Crippen LogP contribution in [0.2, 0.25) is 5.02 Å². The van der Waals surface area contributed by atoms with Gasteiger partial charge in [-0.15, -0.1) is 0 Å². The zero-order valence-corrected chi connectivity index (χ0v) is 18.3. The molecule has 0 fully saturated rings. The molecule has 2 atom stereocenters. The summed E-state index contributed by atoms with van der Waals surface area (Å²) in [7, 11) is 1.16. The molecule has 11 heteroatoms. The molecular formula is C22H21ClF4N2O4. The SMILES string of the molecule is CCc1cc(NC(c2ccc(OC)c(F)c2Cl)C(O)(CO)C(F)(F)F)c2ccc(=O)[nH]c2c1. The van der Waals surface area contributed by atoms with Crippen molar-refractivity contribution in [2.45, 2.75) is 31.2 Å². The van der Waals surface area contributed by atoms with Crippen LogP contribution in [0.3, 0.4) is 0 Å². The van der Waals surface area contributed by atoms with Gasteiger partial charge in [-0.05, 0) is 41.8 Å². The molecular weight excluding hydrogens is 468 g/mol. The Bertz CT molecular complexity index is 1230. The number of nitrogens with one attached hydrogen (secondary N) is 2. The molecule has 0 radical (unpaired) electrons. The van der Waals surface area contributed by atoms with Crippen LogP contribution in [-0.4, -0.2) is 40.7 Å². The third-order valence-electron chi connectivity index (χ3n) is 5.42. The molecule has 1 heterocycles. The Morgan fingerprint density at radius 1 is 1.21 bits per heavy atom. The summed E-state index contributed by atoms with van der Waals surface area (Å²) in [5, 5.41) is 22.4. The van der Waals surface area contributed by atoms with Crippen LogP contribution in [0.1, 0.15) is 24.1 Å². The fraction of sp³-hybridized carbons (Fsp3) is 0.318. The zero-order chi connectivity index (χ0) is 24.6. The van der Waals surface area contributed by atoms with Gasteiger partial charge in [0.15, 0.2) is 11.6 Å². The molecule has 0 aliphatic heterocycles. The molecule has 178 valence electrons. The average molecular weight is 489 g/mol. The van der Waals surface area contributed by atoms with E-state index in [4.69, 9.17) is 16.3 Å². The number of H-pyrrole nitrogens is 1. The third-order valence-corrected chi connectivity index (χ3v) is 5.81. The number of hydrogen-bond donors (Lipinski definition) is 4. The molecule has 2 aromatic carbocycles. The lowest BCUT2D eigenvalue weighted by Crippen LogP contribution is -2.55. The minimum Gasteiger partial charge on any atom is -0.494 e. The van der Waals surface area contributed by atoms with E-state index < -0.39 is 46.4 Å². The highest BCUT2D eigenvalue weighted by Gasteiger charge is 2.59. The number of aromatic nitrogens is 1. The predicted octanol–water partition coefficient (Wildman–Crippen LogP) is 4.33. The first kappa shape index (κ1) is 24.8. The first-order valence-corrected chi connectivity index (χ1v) is 10.2. The maximum atomic E-state index is 14.6. The number of fused-ring (bicyclic) bond motifs is 1. The van der Waals surface area contributed by atoms with Gasteiger partial charge in [-0.1, -0.05) is 24.6 Å². The molecule has 0 aliphatic rings. The molecule has 2 unspecified atom stereocenters. The molecule has 0 amide bonds. The van der Waals surface area contributed by atoms with E-state index in [0.717, 1.165) is 19.2 Å². The van der Waals surface area contributed by atoms with Crippen LogP contribution in [0.5, 0.6) is 5.75 Å². The van der Waals surface area contributed by atoms with Gasteiger partial charge in [-0.2, -0.15) is 13.2 Å². The van der Waals surface area contributed by atoms with Gasteiger partial charge < -0.3 is 25.3 Å². The highest BCUT2D eigenvalue weighted by atomic mass is 35.5. The van der Waals surface area contributed by atoms with Crippen LogP contribution >= 0.6 is 11.6 Å². The Morgan fingerprint density at radius 3 is 2.48 bits per heavy atom. The number of aryl methyl sites for hydroxylation is 1. The Labute approximate surface area is 190 Å². The van der Waals surface area contributed by atoms with Crippen LogP contribution < -0.4 is 15.6 Å².